The summed E-state index contributed by atoms with van der Waals surface area (Å²) in [5, 5.41) is 4.30. The number of rotatable bonds is 7. The highest BCUT2D eigenvalue weighted by Gasteiger charge is 2.16. The number of nitrogens with two attached hydrogens (primary N) is 2. The molecular formula is C28H26FN3OS. The van der Waals surface area contributed by atoms with Crippen molar-refractivity contribution in [2.75, 3.05) is 0 Å². The van der Waals surface area contributed by atoms with Crippen molar-refractivity contribution in [3.05, 3.63) is 88.6 Å². The maximum absolute atomic E-state index is 14.9. The number of hydrazone groups is 1. The van der Waals surface area contributed by atoms with E-state index in [-0.39, 0.29) is 11.0 Å². The van der Waals surface area contributed by atoms with Gasteiger partial charge in [0, 0.05) is 22.1 Å². The van der Waals surface area contributed by atoms with Gasteiger partial charge in [0.1, 0.15) is 18.2 Å². The lowest BCUT2D eigenvalue weighted by molar-refractivity contribution is 0.306. The molecule has 4 aromatic rings. The van der Waals surface area contributed by atoms with Crippen molar-refractivity contribution in [2.24, 2.45) is 16.7 Å². The Morgan fingerprint density at radius 2 is 1.88 bits per heavy atom. The zero-order valence-electron chi connectivity index (χ0n) is 19.1. The van der Waals surface area contributed by atoms with Crippen molar-refractivity contribution in [1.82, 2.24) is 0 Å². The quantitative estimate of drug-likeness (QED) is 0.109. The number of ether oxygens (including phenoxy) is 1. The maximum Gasteiger partial charge on any atom is 0.185 e. The topological polar surface area (TPSA) is 73.6 Å². The molecule has 4 N–H and O–H groups in total. The second-order valence-electron chi connectivity index (χ2n) is 8.03. The van der Waals surface area contributed by atoms with Gasteiger partial charge in [-0.2, -0.15) is 9.49 Å². The first-order chi connectivity index (χ1) is 16.5. The molecule has 0 aliphatic heterocycles. The van der Waals surface area contributed by atoms with Gasteiger partial charge in [0.25, 0.3) is 0 Å². The average molecular weight is 472 g/mol. The molecule has 1 aromatic heterocycles. The van der Waals surface area contributed by atoms with Crippen molar-refractivity contribution in [2.45, 2.75) is 32.8 Å². The van der Waals surface area contributed by atoms with Crippen LogP contribution in [-0.2, 0) is 6.61 Å². The first-order valence-corrected chi connectivity index (χ1v) is 11.8. The van der Waals surface area contributed by atoms with Gasteiger partial charge in [-0.05, 0) is 60.4 Å². The summed E-state index contributed by atoms with van der Waals surface area (Å²) in [5.74, 6) is 12.4. The van der Waals surface area contributed by atoms with E-state index in [0.717, 1.165) is 38.1 Å². The highest BCUT2D eigenvalue weighted by atomic mass is 32.1. The second kappa shape index (κ2) is 10.4. The Bertz CT molecular complexity index is 1400. The van der Waals surface area contributed by atoms with Crippen LogP contribution in [0, 0.1) is 23.9 Å². The predicted molar refractivity (Wildman–Crippen MR) is 139 cm³/mol. The Kier molecular flexibility index (Phi) is 7.15. The van der Waals surface area contributed by atoms with Gasteiger partial charge < -0.3 is 16.3 Å². The van der Waals surface area contributed by atoms with Gasteiger partial charge in [0.05, 0.1) is 5.92 Å². The van der Waals surface area contributed by atoms with E-state index in [0.29, 0.717) is 24.4 Å². The van der Waals surface area contributed by atoms with Crippen LogP contribution in [0.1, 0.15) is 36.0 Å². The van der Waals surface area contributed by atoms with E-state index in [4.69, 9.17) is 16.3 Å². The number of fused-ring (bicyclic) bond motifs is 1. The molecule has 0 spiro atoms. The van der Waals surface area contributed by atoms with Gasteiger partial charge in [-0.3, -0.25) is 0 Å². The van der Waals surface area contributed by atoms with Gasteiger partial charge in [-0.15, -0.1) is 17.3 Å². The van der Waals surface area contributed by atoms with E-state index in [2.05, 4.69) is 16.9 Å². The molecule has 4 nitrogen and oxygen atoms in total. The highest BCUT2D eigenvalue weighted by molar-refractivity contribution is 7.18. The number of aryl methyl sites for hydroxylation is 1. The summed E-state index contributed by atoms with van der Waals surface area (Å²) in [7, 11) is 0. The first kappa shape index (κ1) is 23.3. The summed E-state index contributed by atoms with van der Waals surface area (Å²) in [4.78, 5) is 0. The Balaban J connectivity index is 1.53. The zero-order chi connectivity index (χ0) is 24.1. The molecule has 172 valence electrons. The van der Waals surface area contributed by atoms with Crippen molar-refractivity contribution in [3.8, 4) is 28.7 Å². The number of hydrogen-bond acceptors (Lipinski definition) is 4. The SMILES string of the molecule is CC#CC(C/C(N)=N/N)c1ccc(OCc2ccc3sc(F)c(-c4ccccc4C)c3c2)cc1. The van der Waals surface area contributed by atoms with E-state index >= 15 is 0 Å². The number of halogens is 1. The fraction of sp³-hybridized carbons (Fsp3) is 0.179. The zero-order valence-corrected chi connectivity index (χ0v) is 20.0. The molecule has 0 saturated heterocycles. The minimum Gasteiger partial charge on any atom is -0.489 e. The van der Waals surface area contributed by atoms with Crippen molar-refractivity contribution < 1.29 is 9.13 Å². The lowest BCUT2D eigenvalue weighted by Crippen LogP contribution is -2.17. The third-order valence-corrected chi connectivity index (χ3v) is 6.67. The van der Waals surface area contributed by atoms with Gasteiger partial charge in [-0.25, -0.2) is 0 Å². The van der Waals surface area contributed by atoms with Gasteiger partial charge in [0.2, 0.25) is 0 Å². The Hall–Kier alpha value is -3.82. The normalized spacial score (nSPS) is 12.3. The van der Waals surface area contributed by atoms with Crippen LogP contribution in [0.5, 0.6) is 5.75 Å². The molecule has 1 heterocycles. The monoisotopic (exact) mass is 471 g/mol. The molecule has 0 saturated carbocycles. The maximum atomic E-state index is 14.9. The van der Waals surface area contributed by atoms with Crippen molar-refractivity contribution in [1.29, 1.82) is 0 Å². The molecular weight excluding hydrogens is 445 g/mol. The molecule has 0 bridgehead atoms. The van der Waals surface area contributed by atoms with E-state index in [1.165, 1.54) is 11.3 Å². The van der Waals surface area contributed by atoms with Crippen LogP contribution in [0.3, 0.4) is 0 Å². The Labute approximate surface area is 203 Å². The van der Waals surface area contributed by atoms with Crippen molar-refractivity contribution >= 4 is 27.3 Å². The third kappa shape index (κ3) is 5.05. The summed E-state index contributed by atoms with van der Waals surface area (Å²) < 4.78 is 21.8. The van der Waals surface area contributed by atoms with Crippen LogP contribution < -0.4 is 16.3 Å². The predicted octanol–water partition coefficient (Wildman–Crippen LogP) is 6.32. The van der Waals surface area contributed by atoms with Crippen molar-refractivity contribution in [3.63, 3.8) is 0 Å². The molecule has 6 heteroatoms. The number of amidine groups is 1. The summed E-state index contributed by atoms with van der Waals surface area (Å²) in [6.07, 6.45) is 0.470. The van der Waals surface area contributed by atoms with Crippen LogP contribution in [0.4, 0.5) is 4.39 Å². The van der Waals surface area contributed by atoms with E-state index in [9.17, 15) is 4.39 Å². The number of nitrogens with zero attached hydrogens (tertiary/aromatic N) is 1. The van der Waals surface area contributed by atoms with E-state index < -0.39 is 0 Å². The van der Waals surface area contributed by atoms with E-state index in [1.54, 1.807) is 6.92 Å². The average Bonchev–Trinajstić information content (AvgIpc) is 3.18. The van der Waals surface area contributed by atoms with Crippen LogP contribution in [0.15, 0.2) is 71.8 Å². The number of benzene rings is 3. The van der Waals surface area contributed by atoms with E-state index in [1.807, 2.05) is 73.7 Å². The molecule has 3 aromatic carbocycles. The van der Waals surface area contributed by atoms with Gasteiger partial charge in [-0.1, -0.05) is 48.4 Å². The number of hydrogen-bond donors (Lipinski definition) is 2. The third-order valence-electron chi connectivity index (χ3n) is 5.71. The molecule has 0 fully saturated rings. The lowest BCUT2D eigenvalue weighted by Gasteiger charge is -2.12. The molecule has 1 unspecified atom stereocenters. The minimum atomic E-state index is -0.164. The molecule has 1 atom stereocenters. The smallest absolute Gasteiger partial charge is 0.185 e. The summed E-state index contributed by atoms with van der Waals surface area (Å²) in [5.41, 5.74) is 10.4. The fourth-order valence-corrected chi connectivity index (χ4v) is 4.88. The molecule has 0 amide bonds. The molecule has 0 radical (unpaired) electrons. The molecule has 0 aliphatic carbocycles. The van der Waals surface area contributed by atoms with Crippen LogP contribution in [-0.4, -0.2) is 5.84 Å². The molecule has 34 heavy (non-hydrogen) atoms. The summed E-state index contributed by atoms with van der Waals surface area (Å²) in [6.45, 7) is 4.18. The summed E-state index contributed by atoms with van der Waals surface area (Å²) in [6, 6.07) is 21.6. The van der Waals surface area contributed by atoms with Gasteiger partial charge >= 0.3 is 0 Å². The Morgan fingerprint density at radius 3 is 2.59 bits per heavy atom. The highest BCUT2D eigenvalue weighted by Crippen LogP contribution is 2.39. The number of thiophene rings is 1. The lowest BCUT2D eigenvalue weighted by atomic mass is 9.95. The first-order valence-electron chi connectivity index (χ1n) is 10.9. The fourth-order valence-electron chi connectivity index (χ4n) is 3.96. The van der Waals surface area contributed by atoms with Crippen LogP contribution in [0.25, 0.3) is 21.2 Å². The second-order valence-corrected chi connectivity index (χ2v) is 9.03. The van der Waals surface area contributed by atoms with Crippen LogP contribution >= 0.6 is 11.3 Å². The van der Waals surface area contributed by atoms with Gasteiger partial charge in [0.15, 0.2) is 5.13 Å². The standard InChI is InChI=1S/C28H26FN3OS/c1-3-6-21(16-26(30)32-31)20-10-12-22(13-11-20)33-17-19-9-14-25-24(15-19)27(28(29)34-25)23-8-5-4-7-18(23)2/h4-5,7-15,21H,16-17,31H2,1-2H3,(H2,30,32). The van der Waals surface area contributed by atoms with Crippen LogP contribution in [0.2, 0.25) is 0 Å². The molecule has 0 aliphatic rings. The summed E-state index contributed by atoms with van der Waals surface area (Å²) >= 11 is 1.18. The minimum absolute atomic E-state index is 0.0814. The Morgan fingerprint density at radius 1 is 1.12 bits per heavy atom. The largest absolute Gasteiger partial charge is 0.489 e. The molecule has 4 rings (SSSR count).